The molecule has 0 aliphatic heterocycles. The maximum Gasteiger partial charge on any atom is 0.163 e. The molecule has 0 atom stereocenters. The normalized spacial score (nSPS) is 10.8. The van der Waals surface area contributed by atoms with Crippen LogP contribution in [0.25, 0.3) is 0 Å². The lowest BCUT2D eigenvalue weighted by atomic mass is 10.1. The summed E-state index contributed by atoms with van der Waals surface area (Å²) < 4.78 is 16.9. The molecule has 0 heterocycles. The van der Waals surface area contributed by atoms with E-state index in [1.807, 2.05) is 13.0 Å². The molecule has 0 fully saturated rings. The van der Waals surface area contributed by atoms with E-state index in [1.165, 1.54) is 5.56 Å². The third-order valence-electron chi connectivity index (χ3n) is 3.90. The second-order valence-electron chi connectivity index (χ2n) is 6.11. The number of aliphatic hydroxyl groups excluding tert-OH is 1. The van der Waals surface area contributed by atoms with Gasteiger partial charge in [-0.15, -0.1) is 0 Å². The Labute approximate surface area is 166 Å². The lowest BCUT2D eigenvalue weighted by Gasteiger charge is -2.15. The van der Waals surface area contributed by atoms with Crippen LogP contribution in [0.1, 0.15) is 23.6 Å². The number of aryl methyl sites for hydroxylation is 1. The van der Waals surface area contributed by atoms with Crippen molar-refractivity contribution in [2.45, 2.75) is 27.0 Å². The van der Waals surface area contributed by atoms with E-state index >= 15 is 0 Å². The van der Waals surface area contributed by atoms with E-state index in [-0.39, 0.29) is 6.61 Å². The maximum atomic E-state index is 8.68. The van der Waals surface area contributed by atoms with Gasteiger partial charge in [-0.3, -0.25) is 0 Å². The molecule has 0 aromatic heterocycles. The molecule has 0 saturated heterocycles. The van der Waals surface area contributed by atoms with Crippen LogP contribution in [-0.2, 0) is 17.9 Å². The fourth-order valence-corrected chi connectivity index (χ4v) is 2.69. The van der Waals surface area contributed by atoms with Crippen molar-refractivity contribution < 1.29 is 19.3 Å². The van der Waals surface area contributed by atoms with Gasteiger partial charge in [0.2, 0.25) is 0 Å². The Kier molecular flexibility index (Phi) is 9.42. The van der Waals surface area contributed by atoms with Gasteiger partial charge < -0.3 is 24.6 Å². The number of benzene rings is 2. The zero-order valence-electron chi connectivity index (χ0n) is 16.0. The molecular weight excluding hydrogens is 366 g/mol. The van der Waals surface area contributed by atoms with Crippen LogP contribution in [0.5, 0.6) is 11.5 Å². The number of ether oxygens (including phenoxy) is 3. The summed E-state index contributed by atoms with van der Waals surface area (Å²) in [6.45, 7) is 7.19. The van der Waals surface area contributed by atoms with Gasteiger partial charge >= 0.3 is 0 Å². The Morgan fingerprint density at radius 2 is 1.78 bits per heavy atom. The average Bonchev–Trinajstić information content (AvgIpc) is 2.67. The fraction of sp³-hybridized carbons (Fsp3) is 0.429. The number of aliphatic hydroxyl groups is 1. The summed E-state index contributed by atoms with van der Waals surface area (Å²) in [5.41, 5.74) is 3.24. The quantitative estimate of drug-likeness (QED) is 0.538. The highest BCUT2D eigenvalue weighted by Gasteiger charge is 2.11. The molecule has 2 aromatic carbocycles. The van der Waals surface area contributed by atoms with Gasteiger partial charge in [-0.25, -0.2) is 0 Å². The predicted octanol–water partition coefficient (Wildman–Crippen LogP) is 3.72. The predicted molar refractivity (Wildman–Crippen MR) is 108 cm³/mol. The molecular formula is C21H28ClNO4. The molecule has 5 nitrogen and oxygen atoms in total. The largest absolute Gasteiger partial charge is 0.490 e. The van der Waals surface area contributed by atoms with Crippen LogP contribution in [0, 0.1) is 6.92 Å². The van der Waals surface area contributed by atoms with Gasteiger partial charge in [0.05, 0.1) is 26.4 Å². The van der Waals surface area contributed by atoms with E-state index in [0.717, 1.165) is 11.1 Å². The highest BCUT2D eigenvalue weighted by Crippen LogP contribution is 2.34. The van der Waals surface area contributed by atoms with Gasteiger partial charge in [-0.1, -0.05) is 41.4 Å². The van der Waals surface area contributed by atoms with Gasteiger partial charge in [0.25, 0.3) is 0 Å². The minimum atomic E-state index is 0.0353. The van der Waals surface area contributed by atoms with Crippen molar-refractivity contribution >= 4 is 11.6 Å². The van der Waals surface area contributed by atoms with Gasteiger partial charge in [-0.2, -0.15) is 0 Å². The monoisotopic (exact) mass is 393 g/mol. The molecule has 0 amide bonds. The number of rotatable bonds is 12. The topological polar surface area (TPSA) is 60.0 Å². The minimum Gasteiger partial charge on any atom is -0.490 e. The van der Waals surface area contributed by atoms with Crippen molar-refractivity contribution in [2.24, 2.45) is 0 Å². The number of hydrogen-bond donors (Lipinski definition) is 2. The Balaban J connectivity index is 1.98. The Morgan fingerprint density at radius 1 is 1.04 bits per heavy atom. The van der Waals surface area contributed by atoms with E-state index in [4.69, 9.17) is 30.9 Å². The third-order valence-corrected chi connectivity index (χ3v) is 4.25. The lowest BCUT2D eigenvalue weighted by molar-refractivity contribution is 0.0938. The Morgan fingerprint density at radius 3 is 2.48 bits per heavy atom. The molecule has 2 rings (SSSR count). The van der Waals surface area contributed by atoms with Crippen LogP contribution in [0.3, 0.4) is 0 Å². The van der Waals surface area contributed by atoms with Crippen molar-refractivity contribution in [3.63, 3.8) is 0 Å². The molecule has 6 heteroatoms. The van der Waals surface area contributed by atoms with E-state index < -0.39 is 0 Å². The second kappa shape index (κ2) is 11.8. The van der Waals surface area contributed by atoms with Gasteiger partial charge in [0, 0.05) is 24.2 Å². The van der Waals surface area contributed by atoms with E-state index in [2.05, 4.69) is 36.5 Å². The van der Waals surface area contributed by atoms with Crippen LogP contribution in [0.4, 0.5) is 0 Å². The number of nitrogens with one attached hydrogen (secondary N) is 1. The van der Waals surface area contributed by atoms with Gasteiger partial charge in [-0.05, 0) is 31.0 Å². The van der Waals surface area contributed by atoms with Gasteiger partial charge in [0.15, 0.2) is 11.5 Å². The van der Waals surface area contributed by atoms with Crippen molar-refractivity contribution in [1.82, 2.24) is 5.32 Å². The molecule has 0 aliphatic rings. The average molecular weight is 394 g/mol. The Hall–Kier alpha value is -1.79. The van der Waals surface area contributed by atoms with Crippen LogP contribution in [0.15, 0.2) is 36.4 Å². The molecule has 2 aromatic rings. The molecule has 0 aliphatic carbocycles. The highest BCUT2D eigenvalue weighted by atomic mass is 35.5. The summed E-state index contributed by atoms with van der Waals surface area (Å²) in [6, 6.07) is 11.9. The Bertz CT molecular complexity index is 691. The van der Waals surface area contributed by atoms with Crippen molar-refractivity contribution in [2.75, 3.05) is 33.0 Å². The molecule has 148 valence electrons. The molecule has 2 N–H and O–H groups in total. The lowest BCUT2D eigenvalue weighted by Crippen LogP contribution is -2.20. The first-order valence-electron chi connectivity index (χ1n) is 9.17. The fourth-order valence-electron chi connectivity index (χ4n) is 2.47. The summed E-state index contributed by atoms with van der Waals surface area (Å²) in [5.74, 6) is 1.32. The summed E-state index contributed by atoms with van der Waals surface area (Å²) in [5, 5.41) is 12.6. The van der Waals surface area contributed by atoms with E-state index in [0.29, 0.717) is 56.0 Å². The smallest absolute Gasteiger partial charge is 0.163 e. The maximum absolute atomic E-state index is 8.68. The molecule has 0 bridgehead atoms. The van der Waals surface area contributed by atoms with Crippen molar-refractivity contribution in [3.8, 4) is 11.5 Å². The molecule has 0 saturated carbocycles. The molecule has 0 spiro atoms. The number of hydrogen-bond acceptors (Lipinski definition) is 5. The first kappa shape index (κ1) is 21.5. The summed E-state index contributed by atoms with van der Waals surface area (Å²) in [4.78, 5) is 0. The first-order valence-corrected chi connectivity index (χ1v) is 9.54. The summed E-state index contributed by atoms with van der Waals surface area (Å²) in [7, 11) is 0. The van der Waals surface area contributed by atoms with Crippen molar-refractivity contribution in [1.29, 1.82) is 0 Å². The molecule has 0 unspecified atom stereocenters. The first-order chi connectivity index (χ1) is 13.1. The van der Waals surface area contributed by atoms with Crippen LogP contribution in [0.2, 0.25) is 5.02 Å². The van der Waals surface area contributed by atoms with Crippen LogP contribution >= 0.6 is 11.6 Å². The standard InChI is InChI=1S/C21H28ClNO4/c1-3-26-20-12-18(14-23-8-10-25-11-9-24)19(22)13-21(20)27-15-17-6-4-16(2)5-7-17/h4-7,12-13,23-24H,3,8-11,14-15H2,1-2H3. The van der Waals surface area contributed by atoms with E-state index in [1.54, 1.807) is 6.07 Å². The number of halogens is 1. The third kappa shape index (κ3) is 7.39. The SMILES string of the molecule is CCOc1cc(CNCCOCCO)c(Cl)cc1OCc1ccc(C)cc1. The minimum absolute atomic E-state index is 0.0353. The highest BCUT2D eigenvalue weighted by molar-refractivity contribution is 6.31. The zero-order valence-corrected chi connectivity index (χ0v) is 16.7. The summed E-state index contributed by atoms with van der Waals surface area (Å²) in [6.07, 6.45) is 0. The second-order valence-corrected chi connectivity index (χ2v) is 6.52. The molecule has 27 heavy (non-hydrogen) atoms. The van der Waals surface area contributed by atoms with Crippen LogP contribution in [-0.4, -0.2) is 38.1 Å². The molecule has 0 radical (unpaired) electrons. The van der Waals surface area contributed by atoms with Gasteiger partial charge in [0.1, 0.15) is 6.61 Å². The zero-order chi connectivity index (χ0) is 19.5. The van der Waals surface area contributed by atoms with E-state index in [9.17, 15) is 0 Å². The van der Waals surface area contributed by atoms with Crippen LogP contribution < -0.4 is 14.8 Å². The summed E-state index contributed by atoms with van der Waals surface area (Å²) >= 11 is 6.43. The van der Waals surface area contributed by atoms with Crippen molar-refractivity contribution in [3.05, 3.63) is 58.1 Å².